The second-order valence-corrected chi connectivity index (χ2v) is 4.61. The summed E-state index contributed by atoms with van der Waals surface area (Å²) < 4.78 is 11.0. The molecule has 0 fully saturated rings. The molecule has 0 radical (unpaired) electrons. The lowest BCUT2D eigenvalue weighted by Crippen LogP contribution is -2.09. The van der Waals surface area contributed by atoms with Crippen LogP contribution in [0.25, 0.3) is 0 Å². The fraction of sp³-hybridized carbons (Fsp3) is 0.571. The van der Waals surface area contributed by atoms with E-state index in [0.29, 0.717) is 29.5 Å². The molecule has 102 valence electrons. The molecule has 1 rings (SSSR count). The van der Waals surface area contributed by atoms with Gasteiger partial charge in [0.25, 0.3) is 0 Å². The van der Waals surface area contributed by atoms with E-state index in [1.807, 2.05) is 0 Å². The van der Waals surface area contributed by atoms with Crippen molar-refractivity contribution in [2.45, 2.75) is 32.8 Å². The van der Waals surface area contributed by atoms with Gasteiger partial charge in [0.1, 0.15) is 12.4 Å². The molecule has 0 bridgehead atoms. The fourth-order valence-corrected chi connectivity index (χ4v) is 1.72. The summed E-state index contributed by atoms with van der Waals surface area (Å²) in [5, 5.41) is 10.2. The number of aliphatic hydroxyl groups excluding tert-OH is 1. The second kappa shape index (κ2) is 8.35. The first kappa shape index (κ1) is 15.3. The molecule has 0 aliphatic heterocycles. The molecular formula is C14H21ClO3. The first-order valence-electron chi connectivity index (χ1n) is 6.33. The summed E-state index contributed by atoms with van der Waals surface area (Å²) in [4.78, 5) is 0. The Morgan fingerprint density at radius 1 is 1.28 bits per heavy atom. The van der Waals surface area contributed by atoms with Crippen LogP contribution >= 0.6 is 11.6 Å². The number of rotatable bonds is 8. The van der Waals surface area contributed by atoms with Crippen LogP contribution in [0.1, 0.15) is 38.4 Å². The average molecular weight is 273 g/mol. The Balaban J connectivity index is 2.42. The summed E-state index contributed by atoms with van der Waals surface area (Å²) >= 11 is 5.89. The van der Waals surface area contributed by atoms with Crippen LogP contribution in [-0.4, -0.2) is 24.9 Å². The van der Waals surface area contributed by atoms with Gasteiger partial charge >= 0.3 is 0 Å². The molecule has 0 aromatic heterocycles. The zero-order valence-electron chi connectivity index (χ0n) is 11.0. The van der Waals surface area contributed by atoms with Crippen LogP contribution in [0.5, 0.6) is 5.75 Å². The van der Waals surface area contributed by atoms with Crippen molar-refractivity contribution in [2.24, 2.45) is 0 Å². The van der Waals surface area contributed by atoms with Crippen molar-refractivity contribution in [3.63, 3.8) is 0 Å². The maximum absolute atomic E-state index is 9.63. The molecular weight excluding hydrogens is 252 g/mol. The van der Waals surface area contributed by atoms with E-state index in [-0.39, 0.29) is 0 Å². The molecule has 0 saturated heterocycles. The lowest BCUT2D eigenvalue weighted by molar-refractivity contribution is 0.0962. The molecule has 0 amide bonds. The number of hydrogen-bond acceptors (Lipinski definition) is 3. The SMILES string of the molecule is CCCCOCCOc1ccc(Cl)cc1[C@H](C)O. The number of benzene rings is 1. The molecule has 1 aromatic carbocycles. The first-order chi connectivity index (χ1) is 8.65. The Morgan fingerprint density at radius 3 is 2.72 bits per heavy atom. The highest BCUT2D eigenvalue weighted by Gasteiger charge is 2.09. The van der Waals surface area contributed by atoms with Crippen molar-refractivity contribution in [1.82, 2.24) is 0 Å². The van der Waals surface area contributed by atoms with E-state index in [2.05, 4.69) is 6.92 Å². The highest BCUT2D eigenvalue weighted by molar-refractivity contribution is 6.30. The largest absolute Gasteiger partial charge is 0.491 e. The summed E-state index contributed by atoms with van der Waals surface area (Å²) in [6.07, 6.45) is 1.60. The normalized spacial score (nSPS) is 12.4. The predicted octanol–water partition coefficient (Wildman–Crippen LogP) is 3.59. The number of aliphatic hydroxyl groups is 1. The van der Waals surface area contributed by atoms with Crippen LogP contribution < -0.4 is 4.74 Å². The smallest absolute Gasteiger partial charge is 0.125 e. The molecule has 0 aliphatic rings. The Morgan fingerprint density at radius 2 is 2.06 bits per heavy atom. The summed E-state index contributed by atoms with van der Waals surface area (Å²) in [5.41, 5.74) is 0.705. The van der Waals surface area contributed by atoms with Gasteiger partial charge < -0.3 is 14.6 Å². The summed E-state index contributed by atoms with van der Waals surface area (Å²) in [6.45, 7) is 5.62. The highest BCUT2D eigenvalue weighted by Crippen LogP contribution is 2.28. The minimum absolute atomic E-state index is 0.477. The van der Waals surface area contributed by atoms with E-state index in [4.69, 9.17) is 21.1 Å². The first-order valence-corrected chi connectivity index (χ1v) is 6.71. The van der Waals surface area contributed by atoms with Gasteiger partial charge in [-0.25, -0.2) is 0 Å². The maximum Gasteiger partial charge on any atom is 0.125 e. The van der Waals surface area contributed by atoms with E-state index >= 15 is 0 Å². The Bertz CT molecular complexity index is 353. The molecule has 0 unspecified atom stereocenters. The Labute approximate surface area is 114 Å². The average Bonchev–Trinajstić information content (AvgIpc) is 2.35. The molecule has 18 heavy (non-hydrogen) atoms. The third-order valence-corrected chi connectivity index (χ3v) is 2.78. The van der Waals surface area contributed by atoms with Crippen LogP contribution in [0.15, 0.2) is 18.2 Å². The van der Waals surface area contributed by atoms with Crippen molar-refractivity contribution in [3.8, 4) is 5.75 Å². The number of halogens is 1. The summed E-state index contributed by atoms with van der Waals surface area (Å²) in [6, 6.07) is 5.25. The van der Waals surface area contributed by atoms with Gasteiger partial charge in [-0.2, -0.15) is 0 Å². The molecule has 0 heterocycles. The van der Waals surface area contributed by atoms with Crippen LogP contribution in [0.3, 0.4) is 0 Å². The van der Waals surface area contributed by atoms with Gasteiger partial charge in [-0.05, 0) is 31.5 Å². The van der Waals surface area contributed by atoms with Crippen molar-refractivity contribution in [2.75, 3.05) is 19.8 Å². The fourth-order valence-electron chi connectivity index (χ4n) is 1.54. The Hall–Kier alpha value is -0.770. The molecule has 0 spiro atoms. The molecule has 1 atom stereocenters. The van der Waals surface area contributed by atoms with Crippen LogP contribution in [0.2, 0.25) is 5.02 Å². The molecule has 0 aliphatic carbocycles. The van der Waals surface area contributed by atoms with Gasteiger partial charge in [-0.1, -0.05) is 24.9 Å². The van der Waals surface area contributed by atoms with Crippen molar-refractivity contribution in [3.05, 3.63) is 28.8 Å². The van der Waals surface area contributed by atoms with E-state index in [0.717, 1.165) is 19.4 Å². The lowest BCUT2D eigenvalue weighted by Gasteiger charge is -2.14. The minimum Gasteiger partial charge on any atom is -0.491 e. The van der Waals surface area contributed by atoms with Crippen LogP contribution in [-0.2, 0) is 4.74 Å². The van der Waals surface area contributed by atoms with Crippen molar-refractivity contribution >= 4 is 11.6 Å². The quantitative estimate of drug-likeness (QED) is 0.735. The van der Waals surface area contributed by atoms with Gasteiger partial charge in [0, 0.05) is 17.2 Å². The lowest BCUT2D eigenvalue weighted by atomic mass is 10.1. The van der Waals surface area contributed by atoms with E-state index in [1.165, 1.54) is 0 Å². The number of hydrogen-bond donors (Lipinski definition) is 1. The van der Waals surface area contributed by atoms with Crippen molar-refractivity contribution in [1.29, 1.82) is 0 Å². The summed E-state index contributed by atoms with van der Waals surface area (Å²) in [5.74, 6) is 0.661. The van der Waals surface area contributed by atoms with Gasteiger partial charge in [-0.15, -0.1) is 0 Å². The standard InChI is InChI=1S/C14H21ClO3/c1-3-4-7-17-8-9-18-14-6-5-12(15)10-13(14)11(2)16/h5-6,10-11,16H,3-4,7-9H2,1-2H3/t11-/m0/s1. The third-order valence-electron chi connectivity index (χ3n) is 2.55. The molecule has 1 aromatic rings. The second-order valence-electron chi connectivity index (χ2n) is 4.17. The van der Waals surface area contributed by atoms with E-state index in [9.17, 15) is 5.11 Å². The third kappa shape index (κ3) is 5.25. The van der Waals surface area contributed by atoms with Gasteiger partial charge in [-0.3, -0.25) is 0 Å². The molecule has 0 saturated carbocycles. The topological polar surface area (TPSA) is 38.7 Å². The van der Waals surface area contributed by atoms with Crippen molar-refractivity contribution < 1.29 is 14.6 Å². The van der Waals surface area contributed by atoms with Crippen LogP contribution in [0, 0.1) is 0 Å². The van der Waals surface area contributed by atoms with E-state index in [1.54, 1.807) is 25.1 Å². The van der Waals surface area contributed by atoms with Gasteiger partial charge in [0.15, 0.2) is 0 Å². The zero-order chi connectivity index (χ0) is 13.4. The van der Waals surface area contributed by atoms with Gasteiger partial charge in [0.2, 0.25) is 0 Å². The minimum atomic E-state index is -0.597. The molecule has 4 heteroatoms. The van der Waals surface area contributed by atoms with Crippen LogP contribution in [0.4, 0.5) is 0 Å². The summed E-state index contributed by atoms with van der Waals surface area (Å²) in [7, 11) is 0. The predicted molar refractivity (Wildman–Crippen MR) is 73.3 cm³/mol. The number of unbranched alkanes of at least 4 members (excludes halogenated alkanes) is 1. The maximum atomic E-state index is 9.63. The zero-order valence-corrected chi connectivity index (χ0v) is 11.7. The monoisotopic (exact) mass is 272 g/mol. The van der Waals surface area contributed by atoms with E-state index < -0.39 is 6.10 Å². The molecule has 1 N–H and O–H groups in total. The number of ether oxygens (including phenoxy) is 2. The molecule has 3 nitrogen and oxygen atoms in total. The Kier molecular flexibility index (Phi) is 7.09. The van der Waals surface area contributed by atoms with Gasteiger partial charge in [0.05, 0.1) is 12.7 Å². The highest BCUT2D eigenvalue weighted by atomic mass is 35.5.